The topological polar surface area (TPSA) is 214 Å². The van der Waals surface area contributed by atoms with Gasteiger partial charge in [-0.15, -0.1) is 0 Å². The van der Waals surface area contributed by atoms with Gasteiger partial charge in [-0.25, -0.2) is 0 Å². The van der Waals surface area contributed by atoms with Crippen LogP contribution in [0.1, 0.15) is 155 Å². The molecule has 0 aromatic heterocycles. The highest BCUT2D eigenvalue weighted by Gasteiger charge is 2.47. The fourth-order valence-corrected chi connectivity index (χ4v) is 7.80. The monoisotopic (exact) mass is 1000 g/mol. The van der Waals surface area contributed by atoms with Gasteiger partial charge >= 0.3 is 5.97 Å². The van der Waals surface area contributed by atoms with E-state index < -0.39 is 86.7 Å². The molecule has 2 aliphatic rings. The van der Waals surface area contributed by atoms with E-state index in [-0.39, 0.29) is 19.6 Å². The highest BCUT2D eigenvalue weighted by Crippen LogP contribution is 2.26. The minimum absolute atomic E-state index is 0.0371. The van der Waals surface area contributed by atoms with Crippen LogP contribution in [-0.2, 0) is 33.2 Å². The highest BCUT2D eigenvalue weighted by atomic mass is 16.7. The Morgan fingerprint density at radius 1 is 0.465 bits per heavy atom. The van der Waals surface area contributed by atoms with Gasteiger partial charge in [-0.2, -0.15) is 0 Å². The Hall–Kier alpha value is -3.09. The van der Waals surface area contributed by atoms with Crippen LogP contribution < -0.4 is 0 Å². The summed E-state index contributed by atoms with van der Waals surface area (Å²) >= 11 is 0. The van der Waals surface area contributed by atoms with Gasteiger partial charge < -0.3 is 64.2 Å². The van der Waals surface area contributed by atoms with Gasteiger partial charge in [0.25, 0.3) is 0 Å². The summed E-state index contributed by atoms with van der Waals surface area (Å²) in [5.74, 6) is -0.413. The summed E-state index contributed by atoms with van der Waals surface area (Å²) in [5, 5.41) is 72.2. The third-order valence-corrected chi connectivity index (χ3v) is 12.1. The number of hydrogen-bond donors (Lipinski definition) is 7. The van der Waals surface area contributed by atoms with E-state index in [9.17, 15) is 40.5 Å². The first-order valence-electron chi connectivity index (χ1n) is 26.8. The molecule has 11 unspecified atom stereocenters. The number of carbonyl (C=O) groups is 1. The summed E-state index contributed by atoms with van der Waals surface area (Å²) < 4.78 is 34.2. The average molecular weight is 1000 g/mol. The number of esters is 1. The Kier molecular flexibility index (Phi) is 39.1. The number of aliphatic hydroxyl groups is 7. The van der Waals surface area contributed by atoms with Crippen molar-refractivity contribution in [2.75, 3.05) is 33.0 Å². The zero-order chi connectivity index (χ0) is 51.6. The first-order chi connectivity index (χ1) is 34.6. The van der Waals surface area contributed by atoms with E-state index in [2.05, 4.69) is 111 Å². The first kappa shape index (κ1) is 64.0. The molecule has 0 spiro atoms. The van der Waals surface area contributed by atoms with Crippen LogP contribution in [0.25, 0.3) is 0 Å². The number of rotatable bonds is 41. The van der Waals surface area contributed by atoms with E-state index in [0.29, 0.717) is 13.0 Å². The second-order valence-electron chi connectivity index (χ2n) is 18.3. The Morgan fingerprint density at radius 3 is 1.37 bits per heavy atom. The van der Waals surface area contributed by atoms with Gasteiger partial charge in [-0.3, -0.25) is 4.79 Å². The third kappa shape index (κ3) is 30.6. The van der Waals surface area contributed by atoms with Crippen molar-refractivity contribution in [1.82, 2.24) is 0 Å². The number of allylic oxidation sites excluding steroid dienone is 16. The summed E-state index contributed by atoms with van der Waals surface area (Å²) in [5.41, 5.74) is 0. The molecular formula is C57H94O14. The molecule has 0 bridgehead atoms. The number of ether oxygens (including phenoxy) is 6. The van der Waals surface area contributed by atoms with E-state index in [1.165, 1.54) is 32.1 Å². The molecule has 11 atom stereocenters. The molecule has 2 rings (SSSR count). The minimum atomic E-state index is -1.72. The predicted octanol–water partition coefficient (Wildman–Crippen LogP) is 8.63. The van der Waals surface area contributed by atoms with Crippen LogP contribution in [0.4, 0.5) is 0 Å². The number of aliphatic hydroxyl groups excluding tert-OH is 7. The molecule has 2 heterocycles. The lowest BCUT2D eigenvalue weighted by molar-refractivity contribution is -0.332. The molecule has 2 saturated heterocycles. The average Bonchev–Trinajstić information content (AvgIpc) is 3.37. The van der Waals surface area contributed by atoms with Gasteiger partial charge in [-0.1, -0.05) is 156 Å². The Balaban J connectivity index is 1.73. The second-order valence-corrected chi connectivity index (χ2v) is 18.3. The van der Waals surface area contributed by atoms with Crippen LogP contribution in [-0.4, -0.2) is 142 Å². The van der Waals surface area contributed by atoms with Gasteiger partial charge in [0.1, 0.15) is 54.9 Å². The highest BCUT2D eigenvalue weighted by molar-refractivity contribution is 5.69. The van der Waals surface area contributed by atoms with E-state index in [1.54, 1.807) is 0 Å². The smallest absolute Gasteiger partial charge is 0.306 e. The number of carbonyl (C=O) groups excluding carboxylic acids is 1. The SMILES string of the molecule is CC/C=C\C/C=C\C/C=C\C/C=C\C/C=C\CCCCCCCCCCOCC(COC1OC(COC2OC(CO)C(O)C(O)C2O)C(O)C(O)C1O)OC(=O)CCCCC/C=C\C/C=C\C/C=C\CC. The Bertz CT molecular complexity index is 1540. The van der Waals surface area contributed by atoms with Crippen molar-refractivity contribution < 1.29 is 69.0 Å². The van der Waals surface area contributed by atoms with Gasteiger partial charge in [0.2, 0.25) is 0 Å². The standard InChI is InChI=1S/C57H94O14/c1-3-5-7-9-11-13-15-17-18-19-20-21-22-23-24-25-26-27-29-31-33-35-37-39-41-66-43-46(69-49(59)40-38-36-34-32-30-28-16-14-12-10-8-6-4-2)44-67-56-55(65)53(63)51(61)48(71-56)45-68-57-54(64)52(62)50(60)47(42-58)70-57/h5-8,11-14,17-18,20-21,23-24,28,30,46-48,50-58,60-65H,3-4,9-10,15-16,19,22,25-27,29,31-45H2,1-2H3/b7-5-,8-6-,13-11-,14-12-,18-17-,21-20-,24-23-,30-28-. The van der Waals surface area contributed by atoms with Crippen molar-refractivity contribution in [1.29, 1.82) is 0 Å². The molecule has 0 amide bonds. The summed E-state index contributed by atoms with van der Waals surface area (Å²) in [7, 11) is 0. The lowest BCUT2D eigenvalue weighted by Gasteiger charge is -2.42. The van der Waals surface area contributed by atoms with Crippen LogP contribution in [0.3, 0.4) is 0 Å². The fraction of sp³-hybridized carbons (Fsp3) is 0.702. The molecule has 71 heavy (non-hydrogen) atoms. The van der Waals surface area contributed by atoms with Crippen molar-refractivity contribution in [3.05, 3.63) is 97.2 Å². The normalized spacial score (nSPS) is 26.1. The first-order valence-corrected chi connectivity index (χ1v) is 26.8. The summed E-state index contributed by atoms with van der Waals surface area (Å²) in [6, 6.07) is 0. The molecule has 0 aromatic carbocycles. The van der Waals surface area contributed by atoms with Crippen molar-refractivity contribution in [2.24, 2.45) is 0 Å². The van der Waals surface area contributed by atoms with Crippen molar-refractivity contribution in [3.8, 4) is 0 Å². The second kappa shape index (κ2) is 43.3. The lowest BCUT2D eigenvalue weighted by atomic mass is 9.98. The maximum absolute atomic E-state index is 13.0. The molecule has 7 N–H and O–H groups in total. The molecule has 406 valence electrons. The Labute approximate surface area is 426 Å². The number of unbranched alkanes of at least 4 members (excludes halogenated alkanes) is 11. The number of hydrogen-bond acceptors (Lipinski definition) is 14. The molecule has 0 aromatic rings. The van der Waals surface area contributed by atoms with Crippen molar-refractivity contribution in [3.63, 3.8) is 0 Å². The third-order valence-electron chi connectivity index (χ3n) is 12.1. The summed E-state index contributed by atoms with van der Waals surface area (Å²) in [6.45, 7) is 3.37. The van der Waals surface area contributed by atoms with E-state index >= 15 is 0 Å². The molecule has 0 radical (unpaired) electrons. The van der Waals surface area contributed by atoms with Crippen LogP contribution in [0.2, 0.25) is 0 Å². The predicted molar refractivity (Wildman–Crippen MR) is 279 cm³/mol. The summed E-state index contributed by atoms with van der Waals surface area (Å²) in [4.78, 5) is 13.0. The maximum Gasteiger partial charge on any atom is 0.306 e. The molecule has 0 saturated carbocycles. The van der Waals surface area contributed by atoms with Crippen molar-refractivity contribution >= 4 is 5.97 Å². The summed E-state index contributed by atoms with van der Waals surface area (Å²) in [6.07, 6.45) is 40.5. The van der Waals surface area contributed by atoms with Gasteiger partial charge in [-0.05, 0) is 89.9 Å². The van der Waals surface area contributed by atoms with Gasteiger partial charge in [0.15, 0.2) is 12.6 Å². The molecule has 2 fully saturated rings. The van der Waals surface area contributed by atoms with Gasteiger partial charge in [0.05, 0.1) is 26.4 Å². The zero-order valence-corrected chi connectivity index (χ0v) is 43.2. The lowest BCUT2D eigenvalue weighted by Crippen LogP contribution is -2.61. The largest absolute Gasteiger partial charge is 0.457 e. The molecule has 14 heteroatoms. The maximum atomic E-state index is 13.0. The molecule has 2 aliphatic heterocycles. The van der Waals surface area contributed by atoms with Crippen LogP contribution in [0.5, 0.6) is 0 Å². The van der Waals surface area contributed by atoms with E-state index in [0.717, 1.165) is 96.3 Å². The van der Waals surface area contributed by atoms with Crippen molar-refractivity contribution in [2.45, 2.75) is 223 Å². The van der Waals surface area contributed by atoms with E-state index in [4.69, 9.17) is 28.4 Å². The fourth-order valence-electron chi connectivity index (χ4n) is 7.80. The Morgan fingerprint density at radius 2 is 0.873 bits per heavy atom. The van der Waals surface area contributed by atoms with Crippen LogP contribution in [0, 0.1) is 0 Å². The minimum Gasteiger partial charge on any atom is -0.457 e. The molecule has 14 nitrogen and oxygen atoms in total. The van der Waals surface area contributed by atoms with Crippen LogP contribution >= 0.6 is 0 Å². The zero-order valence-electron chi connectivity index (χ0n) is 43.2. The molecule has 0 aliphatic carbocycles. The quantitative estimate of drug-likeness (QED) is 0.0174. The van der Waals surface area contributed by atoms with Crippen LogP contribution in [0.15, 0.2) is 97.2 Å². The molecular weight excluding hydrogens is 909 g/mol. The van der Waals surface area contributed by atoms with E-state index in [1.807, 2.05) is 0 Å². The van der Waals surface area contributed by atoms with Gasteiger partial charge in [0, 0.05) is 13.0 Å².